The third-order valence-corrected chi connectivity index (χ3v) is 4.27. The quantitative estimate of drug-likeness (QED) is 0.780. The van der Waals surface area contributed by atoms with E-state index in [1.165, 1.54) is 7.11 Å². The fourth-order valence-electron chi connectivity index (χ4n) is 1.28. The molecule has 0 bridgehead atoms. The van der Waals surface area contributed by atoms with E-state index < -0.39 is 5.97 Å². The summed E-state index contributed by atoms with van der Waals surface area (Å²) in [4.78, 5) is 15.7. The summed E-state index contributed by atoms with van der Waals surface area (Å²) in [5.41, 5.74) is 0.673. The number of anilines is 2. The molecule has 1 N–H and O–H groups in total. The highest BCUT2D eigenvalue weighted by molar-refractivity contribution is 9.10. The topological polar surface area (TPSA) is 51.2 Å². The van der Waals surface area contributed by atoms with E-state index in [1.807, 2.05) is 6.07 Å². The van der Waals surface area contributed by atoms with Gasteiger partial charge in [-0.1, -0.05) is 50.5 Å². The van der Waals surface area contributed by atoms with Gasteiger partial charge in [0.1, 0.15) is 0 Å². The van der Waals surface area contributed by atoms with Crippen LogP contribution in [0.1, 0.15) is 9.67 Å². The van der Waals surface area contributed by atoms with Crippen LogP contribution in [0.25, 0.3) is 0 Å². The van der Waals surface area contributed by atoms with Crippen LogP contribution in [0.5, 0.6) is 0 Å². The molecule has 100 valence electrons. The molecule has 0 aliphatic carbocycles. The van der Waals surface area contributed by atoms with Gasteiger partial charge >= 0.3 is 5.97 Å². The predicted octanol–water partition coefficient (Wildman–Crippen LogP) is 4.74. The van der Waals surface area contributed by atoms with Crippen LogP contribution < -0.4 is 5.32 Å². The number of carbonyl (C=O) groups excluding carboxylic acids is 1. The van der Waals surface area contributed by atoms with Gasteiger partial charge in [-0.2, -0.15) is 0 Å². The van der Waals surface area contributed by atoms with Crippen molar-refractivity contribution in [1.29, 1.82) is 0 Å². The monoisotopic (exact) mass is 380 g/mol. The van der Waals surface area contributed by atoms with Crippen LogP contribution in [-0.2, 0) is 4.74 Å². The highest BCUT2D eigenvalue weighted by Crippen LogP contribution is 2.33. The zero-order valence-corrected chi connectivity index (χ0v) is 13.5. The number of carbonyl (C=O) groups is 1. The summed E-state index contributed by atoms with van der Waals surface area (Å²) in [7, 11) is 1.29. The standard InChI is InChI=1S/C11H7BrCl2N2O2S/c1-18-10(17)8-9(14)16-11(19-8)15-7-3-2-5(12)4-6(7)13/h2-4H,1H3,(H,15,16). The van der Waals surface area contributed by atoms with Gasteiger partial charge in [0, 0.05) is 4.47 Å². The van der Waals surface area contributed by atoms with E-state index in [9.17, 15) is 4.79 Å². The van der Waals surface area contributed by atoms with Crippen molar-refractivity contribution >= 4 is 67.3 Å². The molecule has 19 heavy (non-hydrogen) atoms. The summed E-state index contributed by atoms with van der Waals surface area (Å²) < 4.78 is 5.48. The Kier molecular flexibility index (Phi) is 4.67. The molecule has 4 nitrogen and oxygen atoms in total. The summed E-state index contributed by atoms with van der Waals surface area (Å²) in [5, 5.41) is 4.10. The Morgan fingerprint density at radius 1 is 1.47 bits per heavy atom. The fraction of sp³-hybridized carbons (Fsp3) is 0.0909. The number of benzene rings is 1. The van der Waals surface area contributed by atoms with Gasteiger partial charge < -0.3 is 10.1 Å². The Morgan fingerprint density at radius 3 is 2.84 bits per heavy atom. The summed E-state index contributed by atoms with van der Waals surface area (Å²) in [6.45, 7) is 0. The van der Waals surface area contributed by atoms with Gasteiger partial charge in [-0.05, 0) is 18.2 Å². The Bertz CT molecular complexity index is 633. The van der Waals surface area contributed by atoms with Crippen LogP contribution >= 0.6 is 50.5 Å². The number of aromatic nitrogens is 1. The minimum Gasteiger partial charge on any atom is -0.465 e. The lowest BCUT2D eigenvalue weighted by Crippen LogP contribution is -1.98. The van der Waals surface area contributed by atoms with E-state index in [4.69, 9.17) is 23.2 Å². The highest BCUT2D eigenvalue weighted by Gasteiger charge is 2.17. The molecule has 0 spiro atoms. The molecule has 0 saturated heterocycles. The molecule has 0 saturated carbocycles. The minimum absolute atomic E-state index is 0.104. The average Bonchev–Trinajstić information content (AvgIpc) is 2.73. The molecule has 0 radical (unpaired) electrons. The number of methoxy groups -OCH3 is 1. The molecule has 0 aliphatic rings. The third-order valence-electron chi connectivity index (χ3n) is 2.13. The predicted molar refractivity (Wildman–Crippen MR) is 80.9 cm³/mol. The summed E-state index contributed by atoms with van der Waals surface area (Å²) >= 11 is 16.4. The van der Waals surface area contributed by atoms with Crippen LogP contribution in [0.4, 0.5) is 10.8 Å². The number of hydrogen-bond donors (Lipinski definition) is 1. The van der Waals surface area contributed by atoms with E-state index in [0.717, 1.165) is 15.8 Å². The van der Waals surface area contributed by atoms with Crippen LogP contribution in [0.2, 0.25) is 10.2 Å². The molecule has 2 rings (SSSR count). The zero-order chi connectivity index (χ0) is 14.0. The first-order valence-electron chi connectivity index (χ1n) is 4.98. The van der Waals surface area contributed by atoms with E-state index in [1.54, 1.807) is 12.1 Å². The molecule has 1 heterocycles. The lowest BCUT2D eigenvalue weighted by atomic mass is 10.3. The Morgan fingerprint density at radius 2 is 2.21 bits per heavy atom. The molecule has 0 amide bonds. The zero-order valence-electron chi connectivity index (χ0n) is 9.54. The third kappa shape index (κ3) is 3.39. The maximum atomic E-state index is 11.4. The number of rotatable bonds is 3. The van der Waals surface area contributed by atoms with Crippen molar-refractivity contribution < 1.29 is 9.53 Å². The van der Waals surface area contributed by atoms with Crippen molar-refractivity contribution in [3.05, 3.63) is 37.7 Å². The molecule has 8 heteroatoms. The van der Waals surface area contributed by atoms with Crippen LogP contribution in [0.3, 0.4) is 0 Å². The largest absolute Gasteiger partial charge is 0.465 e. The molecule has 0 unspecified atom stereocenters. The second kappa shape index (κ2) is 6.09. The lowest BCUT2D eigenvalue weighted by Gasteiger charge is -2.04. The van der Waals surface area contributed by atoms with Crippen molar-refractivity contribution in [3.63, 3.8) is 0 Å². The van der Waals surface area contributed by atoms with E-state index in [0.29, 0.717) is 15.8 Å². The number of halogens is 3. The average molecular weight is 382 g/mol. The first kappa shape index (κ1) is 14.6. The van der Waals surface area contributed by atoms with Crippen LogP contribution in [0.15, 0.2) is 22.7 Å². The van der Waals surface area contributed by atoms with Crippen LogP contribution in [0, 0.1) is 0 Å². The van der Waals surface area contributed by atoms with Gasteiger partial charge in [-0.3, -0.25) is 0 Å². The second-order valence-electron chi connectivity index (χ2n) is 3.38. The molecule has 0 aliphatic heterocycles. The molecular weight excluding hydrogens is 375 g/mol. The van der Waals surface area contributed by atoms with Gasteiger partial charge in [-0.25, -0.2) is 9.78 Å². The highest BCUT2D eigenvalue weighted by atomic mass is 79.9. The summed E-state index contributed by atoms with van der Waals surface area (Å²) in [6, 6.07) is 5.38. The molecular formula is C11H7BrCl2N2O2S. The van der Waals surface area contributed by atoms with Gasteiger partial charge in [-0.15, -0.1) is 0 Å². The number of ether oxygens (including phenoxy) is 1. The van der Waals surface area contributed by atoms with Crippen molar-refractivity contribution in [2.75, 3.05) is 12.4 Å². The van der Waals surface area contributed by atoms with Gasteiger partial charge in [0.15, 0.2) is 15.2 Å². The normalized spacial score (nSPS) is 10.3. The maximum Gasteiger partial charge on any atom is 0.351 e. The SMILES string of the molecule is COC(=O)c1sc(Nc2ccc(Br)cc2Cl)nc1Cl. The van der Waals surface area contributed by atoms with Gasteiger partial charge in [0.2, 0.25) is 0 Å². The Labute approximate surface area is 131 Å². The first-order valence-corrected chi connectivity index (χ1v) is 7.34. The van der Waals surface area contributed by atoms with Crippen molar-refractivity contribution in [3.8, 4) is 0 Å². The number of nitrogens with zero attached hydrogens (tertiary/aromatic N) is 1. The van der Waals surface area contributed by atoms with Crippen LogP contribution in [-0.4, -0.2) is 18.1 Å². The smallest absolute Gasteiger partial charge is 0.351 e. The Hall–Kier alpha value is -0.820. The van der Waals surface area contributed by atoms with E-state index in [-0.39, 0.29) is 10.0 Å². The number of thiazole rings is 1. The number of esters is 1. The van der Waals surface area contributed by atoms with E-state index in [2.05, 4.69) is 31.0 Å². The first-order chi connectivity index (χ1) is 9.01. The molecule has 1 aromatic heterocycles. The maximum absolute atomic E-state index is 11.4. The molecule has 0 fully saturated rings. The van der Waals surface area contributed by atoms with Gasteiger partial charge in [0.05, 0.1) is 17.8 Å². The number of nitrogens with one attached hydrogen (secondary N) is 1. The van der Waals surface area contributed by atoms with Gasteiger partial charge in [0.25, 0.3) is 0 Å². The molecule has 2 aromatic rings. The fourth-order valence-corrected chi connectivity index (χ4v) is 3.12. The molecule has 0 atom stereocenters. The second-order valence-corrected chi connectivity index (χ2v) is 6.06. The van der Waals surface area contributed by atoms with E-state index >= 15 is 0 Å². The molecule has 1 aromatic carbocycles. The Balaban J connectivity index is 2.26. The summed E-state index contributed by atoms with van der Waals surface area (Å²) in [6.07, 6.45) is 0. The minimum atomic E-state index is -0.516. The van der Waals surface area contributed by atoms with Crippen molar-refractivity contribution in [2.24, 2.45) is 0 Å². The van der Waals surface area contributed by atoms with Crippen molar-refractivity contribution in [2.45, 2.75) is 0 Å². The number of hydrogen-bond acceptors (Lipinski definition) is 5. The lowest BCUT2D eigenvalue weighted by molar-refractivity contribution is 0.0606. The summed E-state index contributed by atoms with van der Waals surface area (Å²) in [5.74, 6) is -0.516. The van der Waals surface area contributed by atoms with Crippen molar-refractivity contribution in [1.82, 2.24) is 4.98 Å².